The van der Waals surface area contributed by atoms with E-state index in [0.29, 0.717) is 22.8 Å². The first-order valence-electron chi connectivity index (χ1n) is 5.66. The quantitative estimate of drug-likeness (QED) is 0.876. The first-order valence-corrected chi connectivity index (χ1v) is 5.66. The number of carbonyl (C=O) groups excluding carboxylic acids is 1. The van der Waals surface area contributed by atoms with Gasteiger partial charge in [-0.05, 0) is 25.1 Å². The van der Waals surface area contributed by atoms with Gasteiger partial charge in [0.2, 0.25) is 0 Å². The van der Waals surface area contributed by atoms with Crippen molar-refractivity contribution in [3.63, 3.8) is 0 Å². The molecular formula is C13H14N2O4. The Morgan fingerprint density at radius 3 is 2.84 bits per heavy atom. The van der Waals surface area contributed by atoms with E-state index >= 15 is 0 Å². The Morgan fingerprint density at radius 1 is 1.47 bits per heavy atom. The molecule has 100 valence electrons. The molecule has 0 fully saturated rings. The van der Waals surface area contributed by atoms with Crippen LogP contribution >= 0.6 is 0 Å². The van der Waals surface area contributed by atoms with Crippen LogP contribution in [0, 0.1) is 6.92 Å². The van der Waals surface area contributed by atoms with Gasteiger partial charge in [-0.25, -0.2) is 0 Å². The Balaban J connectivity index is 2.17. The summed E-state index contributed by atoms with van der Waals surface area (Å²) in [4.78, 5) is 11.9. The van der Waals surface area contributed by atoms with Crippen molar-refractivity contribution in [3.8, 4) is 5.75 Å². The van der Waals surface area contributed by atoms with Crippen molar-refractivity contribution >= 4 is 11.6 Å². The summed E-state index contributed by atoms with van der Waals surface area (Å²) in [5, 5.41) is 15.5. The van der Waals surface area contributed by atoms with Crippen molar-refractivity contribution in [2.24, 2.45) is 0 Å². The van der Waals surface area contributed by atoms with Crippen LogP contribution in [0.25, 0.3) is 0 Å². The Bertz CT molecular complexity index is 592. The number of rotatable bonds is 4. The van der Waals surface area contributed by atoms with Gasteiger partial charge in [0.25, 0.3) is 5.91 Å². The highest BCUT2D eigenvalue weighted by molar-refractivity contribution is 6.02. The van der Waals surface area contributed by atoms with Crippen LogP contribution in [0.3, 0.4) is 0 Å². The van der Waals surface area contributed by atoms with E-state index in [9.17, 15) is 9.90 Å². The van der Waals surface area contributed by atoms with E-state index in [4.69, 9.17) is 9.26 Å². The zero-order valence-corrected chi connectivity index (χ0v) is 10.6. The number of aromatic nitrogens is 1. The van der Waals surface area contributed by atoms with Gasteiger partial charge in [-0.3, -0.25) is 4.79 Å². The summed E-state index contributed by atoms with van der Waals surface area (Å²) in [7, 11) is 1.52. The third-order valence-corrected chi connectivity index (χ3v) is 2.57. The molecule has 0 radical (unpaired) electrons. The summed E-state index contributed by atoms with van der Waals surface area (Å²) in [6.07, 6.45) is 0. The number of nitrogens with one attached hydrogen (secondary N) is 1. The van der Waals surface area contributed by atoms with Crippen LogP contribution < -0.4 is 10.1 Å². The van der Waals surface area contributed by atoms with E-state index in [-0.39, 0.29) is 18.2 Å². The molecule has 0 saturated heterocycles. The van der Waals surface area contributed by atoms with Crippen LogP contribution in [0.5, 0.6) is 5.75 Å². The predicted molar refractivity (Wildman–Crippen MR) is 68.1 cm³/mol. The van der Waals surface area contributed by atoms with Crippen molar-refractivity contribution in [1.82, 2.24) is 5.16 Å². The summed E-state index contributed by atoms with van der Waals surface area (Å²) >= 11 is 0. The number of hydrogen-bond acceptors (Lipinski definition) is 5. The minimum atomic E-state index is -0.370. The molecule has 1 amide bonds. The molecule has 1 aromatic carbocycles. The normalized spacial score (nSPS) is 10.3. The molecule has 6 heteroatoms. The number of benzene rings is 1. The second-order valence-electron chi connectivity index (χ2n) is 3.96. The second kappa shape index (κ2) is 5.53. The maximum absolute atomic E-state index is 11.9. The lowest BCUT2D eigenvalue weighted by Gasteiger charge is -2.09. The molecular weight excluding hydrogens is 248 g/mol. The van der Waals surface area contributed by atoms with Crippen molar-refractivity contribution in [1.29, 1.82) is 0 Å². The number of amides is 1. The van der Waals surface area contributed by atoms with Gasteiger partial charge < -0.3 is 19.7 Å². The molecule has 19 heavy (non-hydrogen) atoms. The van der Waals surface area contributed by atoms with Gasteiger partial charge in [0.05, 0.1) is 13.7 Å². The number of methoxy groups -OCH3 is 1. The second-order valence-corrected chi connectivity index (χ2v) is 3.96. The first kappa shape index (κ1) is 13.1. The lowest BCUT2D eigenvalue weighted by Crippen LogP contribution is -2.12. The molecule has 0 atom stereocenters. The SMILES string of the molecule is COc1ccc(NC(=O)c2cc(C)on2)cc1CO. The number of ether oxygens (including phenoxy) is 1. The van der Waals surface area contributed by atoms with Crippen LogP contribution in [0.15, 0.2) is 28.8 Å². The van der Waals surface area contributed by atoms with Crippen molar-refractivity contribution in [2.45, 2.75) is 13.5 Å². The minimum Gasteiger partial charge on any atom is -0.496 e. The lowest BCUT2D eigenvalue weighted by atomic mass is 10.2. The molecule has 0 saturated carbocycles. The minimum absolute atomic E-state index is 0.171. The van der Waals surface area contributed by atoms with Gasteiger partial charge in [-0.2, -0.15) is 0 Å². The smallest absolute Gasteiger partial charge is 0.277 e. The number of hydrogen-bond donors (Lipinski definition) is 2. The third kappa shape index (κ3) is 2.92. The topological polar surface area (TPSA) is 84.6 Å². The van der Waals surface area contributed by atoms with Gasteiger partial charge in [-0.15, -0.1) is 0 Å². The Hall–Kier alpha value is -2.34. The molecule has 0 aliphatic carbocycles. The third-order valence-electron chi connectivity index (χ3n) is 2.57. The summed E-state index contributed by atoms with van der Waals surface area (Å²) in [5.74, 6) is 0.764. The summed E-state index contributed by atoms with van der Waals surface area (Å²) in [6, 6.07) is 6.55. The standard InChI is InChI=1S/C13H14N2O4/c1-8-5-11(15-19-8)13(17)14-10-3-4-12(18-2)9(6-10)7-16/h3-6,16H,7H2,1-2H3,(H,14,17). The maximum Gasteiger partial charge on any atom is 0.277 e. The average molecular weight is 262 g/mol. The van der Waals surface area contributed by atoms with Gasteiger partial charge in [0.1, 0.15) is 11.5 Å². The van der Waals surface area contributed by atoms with E-state index in [2.05, 4.69) is 10.5 Å². The molecule has 1 heterocycles. The molecule has 0 aliphatic heterocycles. The summed E-state index contributed by atoms with van der Waals surface area (Å²) in [6.45, 7) is 1.54. The monoisotopic (exact) mass is 262 g/mol. The van der Waals surface area contributed by atoms with Crippen LogP contribution in [-0.4, -0.2) is 23.3 Å². The highest BCUT2D eigenvalue weighted by Gasteiger charge is 2.12. The largest absolute Gasteiger partial charge is 0.496 e. The van der Waals surface area contributed by atoms with Crippen LogP contribution in [-0.2, 0) is 6.61 Å². The average Bonchev–Trinajstić information content (AvgIpc) is 2.85. The predicted octanol–water partition coefficient (Wildman–Crippen LogP) is 1.74. The number of anilines is 1. The van der Waals surface area contributed by atoms with Crippen LogP contribution in [0.2, 0.25) is 0 Å². The van der Waals surface area contributed by atoms with Crippen molar-refractivity contribution in [2.75, 3.05) is 12.4 Å². The Labute approximate surface area is 110 Å². The van der Waals surface area contributed by atoms with Gasteiger partial charge >= 0.3 is 0 Å². The van der Waals surface area contributed by atoms with E-state index in [0.717, 1.165) is 0 Å². The fourth-order valence-electron chi connectivity index (χ4n) is 1.65. The van der Waals surface area contributed by atoms with Gasteiger partial charge in [-0.1, -0.05) is 5.16 Å². The van der Waals surface area contributed by atoms with Gasteiger partial charge in [0, 0.05) is 17.3 Å². The number of aryl methyl sites for hydroxylation is 1. The Kier molecular flexibility index (Phi) is 3.82. The number of aliphatic hydroxyl groups is 1. The number of nitrogens with zero attached hydrogens (tertiary/aromatic N) is 1. The van der Waals surface area contributed by atoms with E-state index in [1.165, 1.54) is 7.11 Å². The van der Waals surface area contributed by atoms with Crippen molar-refractivity contribution < 1.29 is 19.2 Å². The molecule has 0 unspecified atom stereocenters. The number of aliphatic hydroxyl groups excluding tert-OH is 1. The van der Waals surface area contributed by atoms with Gasteiger partial charge in [0.15, 0.2) is 5.69 Å². The van der Waals surface area contributed by atoms with E-state index in [1.807, 2.05) is 0 Å². The van der Waals surface area contributed by atoms with E-state index in [1.54, 1.807) is 31.2 Å². The molecule has 1 aromatic heterocycles. The molecule has 0 bridgehead atoms. The molecule has 6 nitrogen and oxygen atoms in total. The fraction of sp³-hybridized carbons (Fsp3) is 0.231. The first-order chi connectivity index (χ1) is 9.13. The lowest BCUT2D eigenvalue weighted by molar-refractivity contribution is 0.101. The van der Waals surface area contributed by atoms with Crippen LogP contribution in [0.1, 0.15) is 21.8 Å². The molecule has 2 rings (SSSR count). The maximum atomic E-state index is 11.9. The number of carbonyl (C=O) groups is 1. The summed E-state index contributed by atoms with van der Waals surface area (Å²) < 4.78 is 9.92. The highest BCUT2D eigenvalue weighted by Crippen LogP contribution is 2.22. The molecule has 0 spiro atoms. The molecule has 2 aromatic rings. The fourth-order valence-corrected chi connectivity index (χ4v) is 1.65. The molecule has 0 aliphatic rings. The zero-order valence-electron chi connectivity index (χ0n) is 10.6. The highest BCUT2D eigenvalue weighted by atomic mass is 16.5. The van der Waals surface area contributed by atoms with Crippen molar-refractivity contribution in [3.05, 3.63) is 41.3 Å². The Morgan fingerprint density at radius 2 is 2.26 bits per heavy atom. The summed E-state index contributed by atoms with van der Waals surface area (Å²) in [5.41, 5.74) is 1.35. The van der Waals surface area contributed by atoms with Crippen LogP contribution in [0.4, 0.5) is 5.69 Å². The zero-order chi connectivity index (χ0) is 13.8. The van der Waals surface area contributed by atoms with E-state index < -0.39 is 0 Å². The molecule has 2 N–H and O–H groups in total.